The molecular formula is C12H19N. The lowest BCUT2D eigenvalue weighted by atomic mass is 9.96. The van der Waals surface area contributed by atoms with Gasteiger partial charge in [0.1, 0.15) is 0 Å². The molecule has 1 heteroatoms. The quantitative estimate of drug-likeness (QED) is 0.595. The van der Waals surface area contributed by atoms with Gasteiger partial charge in [0.15, 0.2) is 0 Å². The van der Waals surface area contributed by atoms with Crippen molar-refractivity contribution in [1.82, 2.24) is 4.90 Å². The third kappa shape index (κ3) is 2.85. The van der Waals surface area contributed by atoms with Gasteiger partial charge >= 0.3 is 0 Å². The topological polar surface area (TPSA) is 3.24 Å². The summed E-state index contributed by atoms with van der Waals surface area (Å²) in [6.07, 6.45) is 5.58. The molecule has 0 aromatic carbocycles. The highest BCUT2D eigenvalue weighted by molar-refractivity contribution is 5.38. The molecule has 0 atom stereocenters. The van der Waals surface area contributed by atoms with E-state index in [9.17, 15) is 0 Å². The first-order valence-corrected chi connectivity index (χ1v) is 4.83. The van der Waals surface area contributed by atoms with Gasteiger partial charge in [0.05, 0.1) is 0 Å². The Morgan fingerprint density at radius 3 is 2.69 bits per heavy atom. The second-order valence-corrected chi connectivity index (χ2v) is 3.82. The molecule has 1 heterocycles. The van der Waals surface area contributed by atoms with Crippen molar-refractivity contribution in [2.75, 3.05) is 20.1 Å². The molecule has 1 aliphatic rings. The summed E-state index contributed by atoms with van der Waals surface area (Å²) >= 11 is 0. The van der Waals surface area contributed by atoms with E-state index >= 15 is 0 Å². The van der Waals surface area contributed by atoms with Crippen LogP contribution in [0.1, 0.15) is 20.3 Å². The summed E-state index contributed by atoms with van der Waals surface area (Å²) in [5.74, 6) is 0. The molecule has 0 N–H and O–H groups in total. The molecule has 0 spiro atoms. The fraction of sp³-hybridized carbons (Fsp3) is 0.500. The zero-order valence-electron chi connectivity index (χ0n) is 8.93. The van der Waals surface area contributed by atoms with Crippen LogP contribution >= 0.6 is 0 Å². The van der Waals surface area contributed by atoms with Gasteiger partial charge < -0.3 is 4.90 Å². The number of allylic oxidation sites excluding steroid dienone is 3. The van der Waals surface area contributed by atoms with Crippen molar-refractivity contribution in [1.29, 1.82) is 0 Å². The van der Waals surface area contributed by atoms with Crippen LogP contribution < -0.4 is 0 Å². The summed E-state index contributed by atoms with van der Waals surface area (Å²) in [5, 5.41) is 0. The van der Waals surface area contributed by atoms with Crippen LogP contribution in [-0.4, -0.2) is 25.0 Å². The molecule has 0 aromatic rings. The lowest BCUT2D eigenvalue weighted by Gasteiger charge is -2.27. The Kier molecular flexibility index (Phi) is 3.49. The van der Waals surface area contributed by atoms with E-state index in [0.29, 0.717) is 0 Å². The maximum absolute atomic E-state index is 3.92. The number of piperidine rings is 1. The van der Waals surface area contributed by atoms with Gasteiger partial charge in [-0.3, -0.25) is 0 Å². The largest absolute Gasteiger partial charge is 0.302 e. The maximum atomic E-state index is 3.92. The lowest BCUT2D eigenvalue weighted by molar-refractivity contribution is 0.347. The first-order chi connectivity index (χ1) is 6.13. The van der Waals surface area contributed by atoms with Gasteiger partial charge in [-0.2, -0.15) is 0 Å². The highest BCUT2D eigenvalue weighted by Crippen LogP contribution is 2.22. The van der Waals surface area contributed by atoms with Crippen molar-refractivity contribution in [2.45, 2.75) is 20.3 Å². The zero-order valence-corrected chi connectivity index (χ0v) is 8.93. The van der Waals surface area contributed by atoms with Crippen molar-refractivity contribution in [3.8, 4) is 0 Å². The number of hydrogen-bond acceptors (Lipinski definition) is 1. The third-order valence-electron chi connectivity index (χ3n) is 2.38. The molecule has 1 nitrogen and oxygen atoms in total. The smallest absolute Gasteiger partial charge is 0.0230 e. The molecule has 72 valence electrons. The fourth-order valence-corrected chi connectivity index (χ4v) is 1.68. The van der Waals surface area contributed by atoms with Crippen LogP contribution in [0.4, 0.5) is 0 Å². The average Bonchev–Trinajstić information content (AvgIpc) is 2.07. The van der Waals surface area contributed by atoms with E-state index in [1.54, 1.807) is 0 Å². The Hall–Kier alpha value is -0.820. The second kappa shape index (κ2) is 4.43. The summed E-state index contributed by atoms with van der Waals surface area (Å²) in [5.41, 5.74) is 4.07. The van der Waals surface area contributed by atoms with Crippen LogP contribution in [0.15, 0.2) is 35.5 Å². The predicted octanol–water partition coefficient (Wildman–Crippen LogP) is 2.77. The second-order valence-electron chi connectivity index (χ2n) is 3.82. The van der Waals surface area contributed by atoms with Crippen LogP contribution in [0.5, 0.6) is 0 Å². The molecule has 1 fully saturated rings. The minimum Gasteiger partial charge on any atom is -0.302 e. The Bertz CT molecular complexity index is 258. The van der Waals surface area contributed by atoms with Crippen LogP contribution in [0.2, 0.25) is 0 Å². The van der Waals surface area contributed by atoms with Crippen LogP contribution in [-0.2, 0) is 0 Å². The molecule has 0 amide bonds. The van der Waals surface area contributed by atoms with Crippen molar-refractivity contribution in [3.05, 3.63) is 35.5 Å². The SMILES string of the molecule is C=C(C)/C=C1/CCN(C)C/C1=C/C. The Labute approximate surface area is 81.4 Å². The van der Waals surface area contributed by atoms with E-state index in [4.69, 9.17) is 0 Å². The molecule has 0 bridgehead atoms. The average molecular weight is 177 g/mol. The molecule has 1 rings (SSSR count). The molecule has 1 aliphatic heterocycles. The number of nitrogens with zero attached hydrogens (tertiary/aromatic N) is 1. The van der Waals surface area contributed by atoms with Gasteiger partial charge in [-0.25, -0.2) is 0 Å². The van der Waals surface area contributed by atoms with E-state index in [2.05, 4.69) is 44.5 Å². The Morgan fingerprint density at radius 2 is 2.15 bits per heavy atom. The maximum Gasteiger partial charge on any atom is 0.0230 e. The third-order valence-corrected chi connectivity index (χ3v) is 2.38. The van der Waals surface area contributed by atoms with Crippen LogP contribution in [0.25, 0.3) is 0 Å². The standard InChI is InChI=1S/C12H19N/c1-5-11-9-13(4)7-6-12(11)8-10(2)3/h5,8H,2,6-7,9H2,1,3-4H3/b11-5-,12-8-. The fourth-order valence-electron chi connectivity index (χ4n) is 1.68. The van der Waals surface area contributed by atoms with Gasteiger partial charge in [0, 0.05) is 13.1 Å². The number of rotatable bonds is 1. The van der Waals surface area contributed by atoms with Crippen molar-refractivity contribution < 1.29 is 0 Å². The van der Waals surface area contributed by atoms with Crippen molar-refractivity contribution >= 4 is 0 Å². The summed E-state index contributed by atoms with van der Waals surface area (Å²) in [7, 11) is 2.17. The molecule has 1 saturated heterocycles. The van der Waals surface area contributed by atoms with E-state index in [1.807, 2.05) is 0 Å². The van der Waals surface area contributed by atoms with E-state index in [0.717, 1.165) is 25.1 Å². The molecule has 0 radical (unpaired) electrons. The minimum atomic E-state index is 1.08. The zero-order chi connectivity index (χ0) is 9.84. The first-order valence-electron chi connectivity index (χ1n) is 4.83. The monoisotopic (exact) mass is 177 g/mol. The molecular weight excluding hydrogens is 158 g/mol. The van der Waals surface area contributed by atoms with Crippen molar-refractivity contribution in [2.24, 2.45) is 0 Å². The molecule has 0 aromatic heterocycles. The van der Waals surface area contributed by atoms with E-state index in [-0.39, 0.29) is 0 Å². The number of hydrogen-bond donors (Lipinski definition) is 0. The van der Waals surface area contributed by atoms with E-state index in [1.165, 1.54) is 11.1 Å². The predicted molar refractivity (Wildman–Crippen MR) is 58.8 cm³/mol. The minimum absolute atomic E-state index is 1.08. The Balaban J connectivity index is 2.81. The van der Waals surface area contributed by atoms with Crippen molar-refractivity contribution in [3.63, 3.8) is 0 Å². The first kappa shape index (κ1) is 10.3. The highest BCUT2D eigenvalue weighted by atomic mass is 15.1. The lowest BCUT2D eigenvalue weighted by Crippen LogP contribution is -2.28. The van der Waals surface area contributed by atoms with Gasteiger partial charge in [0.2, 0.25) is 0 Å². The molecule has 0 aliphatic carbocycles. The Morgan fingerprint density at radius 1 is 1.46 bits per heavy atom. The summed E-state index contributed by atoms with van der Waals surface area (Å²) < 4.78 is 0. The van der Waals surface area contributed by atoms with E-state index < -0.39 is 0 Å². The number of likely N-dealkylation sites (tertiary alicyclic amines) is 1. The normalized spacial score (nSPS) is 25.5. The molecule has 0 saturated carbocycles. The highest BCUT2D eigenvalue weighted by Gasteiger charge is 2.13. The van der Waals surface area contributed by atoms with Gasteiger partial charge in [-0.1, -0.05) is 24.3 Å². The summed E-state index contributed by atoms with van der Waals surface area (Å²) in [4.78, 5) is 2.35. The van der Waals surface area contributed by atoms with Gasteiger partial charge in [0.25, 0.3) is 0 Å². The van der Waals surface area contributed by atoms with Gasteiger partial charge in [-0.15, -0.1) is 0 Å². The summed E-state index contributed by atoms with van der Waals surface area (Å²) in [6, 6.07) is 0. The molecule has 0 unspecified atom stereocenters. The van der Waals surface area contributed by atoms with Gasteiger partial charge in [-0.05, 0) is 38.5 Å². The summed E-state index contributed by atoms with van der Waals surface area (Å²) in [6.45, 7) is 10.3. The molecule has 13 heavy (non-hydrogen) atoms. The number of likely N-dealkylation sites (N-methyl/N-ethyl adjacent to an activating group) is 1. The van der Waals surface area contributed by atoms with Crippen LogP contribution in [0.3, 0.4) is 0 Å². The van der Waals surface area contributed by atoms with Crippen LogP contribution in [0, 0.1) is 0 Å².